The molecule has 0 radical (unpaired) electrons. The molecule has 0 saturated heterocycles. The Bertz CT molecular complexity index is 1060. The van der Waals surface area contributed by atoms with Crippen molar-refractivity contribution in [1.29, 1.82) is 0 Å². The molecule has 5 heteroatoms. The fourth-order valence-electron chi connectivity index (χ4n) is 3.66. The number of nitrogens with zero attached hydrogens (tertiary/aromatic N) is 1. The zero-order valence-electron chi connectivity index (χ0n) is 19.2. The molecule has 0 unspecified atom stereocenters. The molecule has 0 spiro atoms. The number of hydrogen-bond acceptors (Lipinski definition) is 4. The van der Waals surface area contributed by atoms with Crippen molar-refractivity contribution in [2.75, 3.05) is 6.61 Å². The summed E-state index contributed by atoms with van der Waals surface area (Å²) in [6, 6.07) is 17.9. The van der Waals surface area contributed by atoms with Crippen molar-refractivity contribution >= 4 is 12.2 Å². The van der Waals surface area contributed by atoms with Gasteiger partial charge in [0.2, 0.25) is 0 Å². The number of aldehydes is 1. The predicted molar refractivity (Wildman–Crippen MR) is 124 cm³/mol. The van der Waals surface area contributed by atoms with Crippen LogP contribution < -0.4 is 4.74 Å². The maximum atomic E-state index is 13.4. The van der Waals surface area contributed by atoms with Gasteiger partial charge in [0.25, 0.3) is 5.91 Å². The van der Waals surface area contributed by atoms with Crippen LogP contribution in [-0.4, -0.2) is 29.7 Å². The van der Waals surface area contributed by atoms with Gasteiger partial charge in [-0.15, -0.1) is 0 Å². The van der Waals surface area contributed by atoms with Crippen molar-refractivity contribution < 1.29 is 20.1 Å². The Morgan fingerprint density at radius 3 is 2.59 bits per heavy atom. The Balaban J connectivity index is 1.46. The zero-order chi connectivity index (χ0) is 23.1. The van der Waals surface area contributed by atoms with Gasteiger partial charge in [0.1, 0.15) is 17.8 Å². The van der Waals surface area contributed by atoms with Gasteiger partial charge in [0.05, 0.1) is 14.2 Å². The molecule has 5 nitrogen and oxygen atoms in total. The molecule has 1 fully saturated rings. The fraction of sp³-hybridized carbons (Fsp3) is 0.333. The number of unbranched alkanes of at least 4 members (excludes halogenated alkanes) is 3. The molecule has 1 heterocycles. The van der Waals surface area contributed by atoms with Gasteiger partial charge in [0.15, 0.2) is 0 Å². The third-order valence-electron chi connectivity index (χ3n) is 5.56. The van der Waals surface area contributed by atoms with Crippen LogP contribution in [0.2, 0.25) is 0 Å². The standard InChI is InChI=1S/C27H29NO4/c29-17-5-1-2-6-18-31-26-9-4-3-8-23(26)20-28(24-15-16-24)27(30)22-13-11-21(12-14-22)25-10-7-19-32-25/h3-4,7-14,17,19,24H,1-2,5-6,15-16,18,20H2/i24D. The van der Waals surface area contributed by atoms with Crippen LogP contribution in [0.5, 0.6) is 5.75 Å². The normalized spacial score (nSPS) is 14.4. The van der Waals surface area contributed by atoms with Crippen LogP contribution in [0.1, 0.15) is 55.8 Å². The van der Waals surface area contributed by atoms with E-state index in [9.17, 15) is 9.59 Å². The van der Waals surface area contributed by atoms with Crippen LogP contribution >= 0.6 is 0 Å². The van der Waals surface area contributed by atoms with Crippen molar-refractivity contribution in [3.05, 3.63) is 78.1 Å². The molecule has 1 aliphatic rings. The molecule has 3 aromatic rings. The van der Waals surface area contributed by atoms with Crippen molar-refractivity contribution in [3.63, 3.8) is 0 Å². The van der Waals surface area contributed by atoms with Crippen molar-refractivity contribution in [1.82, 2.24) is 4.90 Å². The Hall–Kier alpha value is -3.34. The minimum Gasteiger partial charge on any atom is -0.493 e. The maximum absolute atomic E-state index is 13.4. The van der Waals surface area contributed by atoms with Crippen molar-refractivity contribution in [2.24, 2.45) is 0 Å². The van der Waals surface area contributed by atoms with E-state index >= 15 is 0 Å². The molecule has 1 aromatic heterocycles. The summed E-state index contributed by atoms with van der Waals surface area (Å²) in [5.74, 6) is 1.34. The first-order valence-corrected chi connectivity index (χ1v) is 11.2. The van der Waals surface area contributed by atoms with Gasteiger partial charge < -0.3 is 18.8 Å². The maximum Gasteiger partial charge on any atom is 0.254 e. The van der Waals surface area contributed by atoms with E-state index in [2.05, 4.69) is 0 Å². The van der Waals surface area contributed by atoms with Crippen LogP contribution in [0.3, 0.4) is 0 Å². The largest absolute Gasteiger partial charge is 0.493 e. The summed E-state index contributed by atoms with van der Waals surface area (Å²) in [5.41, 5.74) is 2.35. The predicted octanol–water partition coefficient (Wildman–Crippen LogP) is 5.89. The van der Waals surface area contributed by atoms with Crippen LogP contribution in [-0.2, 0) is 11.3 Å². The van der Waals surface area contributed by atoms with E-state index in [0.717, 1.165) is 48.2 Å². The van der Waals surface area contributed by atoms with Crippen LogP contribution in [0.25, 0.3) is 11.3 Å². The molecule has 1 saturated carbocycles. The summed E-state index contributed by atoms with van der Waals surface area (Å²) >= 11 is 0. The summed E-state index contributed by atoms with van der Waals surface area (Å²) in [7, 11) is 0. The number of hydrogen-bond donors (Lipinski definition) is 0. The highest BCUT2D eigenvalue weighted by Gasteiger charge is 2.33. The van der Waals surface area contributed by atoms with E-state index in [-0.39, 0.29) is 5.91 Å². The van der Waals surface area contributed by atoms with E-state index in [4.69, 9.17) is 10.5 Å². The third-order valence-corrected chi connectivity index (χ3v) is 5.56. The van der Waals surface area contributed by atoms with E-state index in [1.165, 1.54) is 0 Å². The van der Waals surface area contributed by atoms with Gasteiger partial charge in [0, 0.05) is 35.7 Å². The summed E-state index contributed by atoms with van der Waals surface area (Å²) in [6.45, 7) is 0.883. The summed E-state index contributed by atoms with van der Waals surface area (Å²) < 4.78 is 20.1. The molecule has 0 N–H and O–H groups in total. The van der Waals surface area contributed by atoms with Gasteiger partial charge in [-0.3, -0.25) is 4.79 Å². The Morgan fingerprint density at radius 2 is 1.88 bits per heavy atom. The van der Waals surface area contributed by atoms with Gasteiger partial charge in [-0.2, -0.15) is 0 Å². The highest BCUT2D eigenvalue weighted by Crippen LogP contribution is 2.32. The molecule has 2 aromatic carbocycles. The molecular weight excluding hydrogens is 402 g/mol. The number of para-hydroxylation sites is 1. The number of ether oxygens (including phenoxy) is 1. The van der Waals surface area contributed by atoms with Crippen LogP contribution in [0.4, 0.5) is 0 Å². The Morgan fingerprint density at radius 1 is 1.06 bits per heavy atom. The van der Waals surface area contributed by atoms with Crippen molar-refractivity contribution in [3.8, 4) is 17.1 Å². The number of rotatable bonds is 12. The fourth-order valence-corrected chi connectivity index (χ4v) is 3.66. The van der Waals surface area contributed by atoms with E-state index in [1.807, 2.05) is 48.5 Å². The molecule has 0 bridgehead atoms. The number of amides is 1. The van der Waals surface area contributed by atoms with Crippen LogP contribution in [0.15, 0.2) is 71.3 Å². The van der Waals surface area contributed by atoms with Gasteiger partial charge >= 0.3 is 0 Å². The second-order valence-electron chi connectivity index (χ2n) is 7.98. The summed E-state index contributed by atoms with van der Waals surface area (Å²) in [6.07, 6.45) is 7.17. The zero-order valence-corrected chi connectivity index (χ0v) is 18.2. The lowest BCUT2D eigenvalue weighted by atomic mass is 10.1. The molecule has 0 aliphatic heterocycles. The lowest BCUT2D eigenvalue weighted by Crippen LogP contribution is -2.32. The van der Waals surface area contributed by atoms with E-state index < -0.39 is 6.02 Å². The first-order chi connectivity index (χ1) is 16.1. The van der Waals surface area contributed by atoms with Gasteiger partial charge in [-0.05, 0) is 62.4 Å². The topological polar surface area (TPSA) is 59.8 Å². The molecule has 1 aliphatic carbocycles. The van der Waals surface area contributed by atoms with Gasteiger partial charge in [-0.1, -0.05) is 30.3 Å². The summed E-state index contributed by atoms with van der Waals surface area (Å²) in [4.78, 5) is 25.5. The SMILES string of the molecule is [2H]C1(N(Cc2ccccc2OCCCCCC=O)C(=O)c2ccc(-c3ccco3)cc2)CC1. The summed E-state index contributed by atoms with van der Waals surface area (Å²) in [5, 5.41) is 0. The monoisotopic (exact) mass is 432 g/mol. The number of carbonyl (C=O) groups is 2. The minimum absolute atomic E-state index is 0.155. The minimum atomic E-state index is -0.876. The molecule has 1 amide bonds. The first-order valence-electron chi connectivity index (χ1n) is 11.7. The van der Waals surface area contributed by atoms with E-state index in [0.29, 0.717) is 38.0 Å². The Labute approximate surface area is 190 Å². The number of furan rings is 1. The number of benzene rings is 2. The van der Waals surface area contributed by atoms with Gasteiger partial charge in [-0.25, -0.2) is 0 Å². The third kappa shape index (κ3) is 5.67. The second-order valence-corrected chi connectivity index (χ2v) is 7.98. The lowest BCUT2D eigenvalue weighted by Gasteiger charge is -2.24. The molecule has 166 valence electrons. The quantitative estimate of drug-likeness (QED) is 0.264. The smallest absolute Gasteiger partial charge is 0.254 e. The molecule has 4 rings (SSSR count). The molecular formula is C27H29NO4. The average molecular weight is 433 g/mol. The lowest BCUT2D eigenvalue weighted by molar-refractivity contribution is -0.107. The highest BCUT2D eigenvalue weighted by atomic mass is 16.5. The van der Waals surface area contributed by atoms with Crippen molar-refractivity contribution in [2.45, 2.75) is 51.1 Å². The van der Waals surface area contributed by atoms with Crippen LogP contribution in [0, 0.1) is 0 Å². The molecule has 0 atom stereocenters. The first kappa shape index (κ1) is 20.6. The average Bonchev–Trinajstić information content (AvgIpc) is 3.35. The Kier molecular flexibility index (Phi) is 6.94. The molecule has 32 heavy (non-hydrogen) atoms. The highest BCUT2D eigenvalue weighted by molar-refractivity contribution is 5.95. The van der Waals surface area contributed by atoms with E-state index in [1.54, 1.807) is 23.3 Å². The number of carbonyl (C=O) groups excluding carboxylic acids is 2. The second kappa shape index (κ2) is 10.8.